The second-order valence-corrected chi connectivity index (χ2v) is 8.13. The first-order chi connectivity index (χ1) is 12.0. The number of pyridine rings is 1. The van der Waals surface area contributed by atoms with E-state index in [2.05, 4.69) is 69.7 Å². The van der Waals surface area contributed by atoms with Gasteiger partial charge in [0, 0.05) is 23.6 Å². The second-order valence-electron chi connectivity index (χ2n) is 7.22. The van der Waals surface area contributed by atoms with Gasteiger partial charge in [-0.1, -0.05) is 56.8 Å². The van der Waals surface area contributed by atoms with Crippen LogP contribution in [0.15, 0.2) is 53.9 Å². The maximum Gasteiger partial charge on any atom is 0.194 e. The molecule has 4 rings (SSSR count). The molecule has 128 valence electrons. The highest BCUT2D eigenvalue weighted by Gasteiger charge is 2.23. The van der Waals surface area contributed by atoms with E-state index < -0.39 is 0 Å². The van der Waals surface area contributed by atoms with Crippen molar-refractivity contribution in [2.24, 2.45) is 0 Å². The molecule has 1 aromatic carbocycles. The van der Waals surface area contributed by atoms with Gasteiger partial charge in [-0.2, -0.15) is 0 Å². The number of aromatic nitrogens is 4. The van der Waals surface area contributed by atoms with E-state index in [0.29, 0.717) is 0 Å². The predicted molar refractivity (Wildman–Crippen MR) is 102 cm³/mol. The molecule has 6 heteroatoms. The Morgan fingerprint density at radius 3 is 2.36 bits per heavy atom. The van der Waals surface area contributed by atoms with Gasteiger partial charge in [0.15, 0.2) is 11.0 Å². The van der Waals surface area contributed by atoms with Crippen LogP contribution in [0.1, 0.15) is 26.3 Å². The maximum absolute atomic E-state index is 4.44. The summed E-state index contributed by atoms with van der Waals surface area (Å²) in [5.74, 6) is 1.78. The maximum atomic E-state index is 4.44. The van der Waals surface area contributed by atoms with Crippen LogP contribution in [-0.4, -0.2) is 25.6 Å². The van der Waals surface area contributed by atoms with Gasteiger partial charge in [-0.15, -0.1) is 10.2 Å². The number of rotatable bonds is 2. The number of benzene rings is 1. The average molecular weight is 351 g/mol. The summed E-state index contributed by atoms with van der Waals surface area (Å²) >= 11 is 1.71. The lowest BCUT2D eigenvalue weighted by Gasteiger charge is -2.29. The third-order valence-electron chi connectivity index (χ3n) is 4.42. The Kier molecular flexibility index (Phi) is 4.00. The van der Waals surface area contributed by atoms with Gasteiger partial charge in [0.1, 0.15) is 0 Å². The van der Waals surface area contributed by atoms with E-state index in [1.54, 1.807) is 11.8 Å². The summed E-state index contributed by atoms with van der Waals surface area (Å²) in [6.07, 6.45) is 3.65. The zero-order valence-corrected chi connectivity index (χ0v) is 15.5. The van der Waals surface area contributed by atoms with Gasteiger partial charge >= 0.3 is 0 Å². The molecule has 0 N–H and O–H groups in total. The Balaban J connectivity index is 1.65. The standard InChI is InChI=1S/C19H21N5S/c1-19(2,3)15-6-4-14(5-7-15)17-21-22-18-24(17)12-23(13-25-18)16-8-10-20-11-9-16/h4-11H,12-13H2,1-3H3. The van der Waals surface area contributed by atoms with Crippen LogP contribution in [-0.2, 0) is 12.1 Å². The topological polar surface area (TPSA) is 46.8 Å². The van der Waals surface area contributed by atoms with Crippen molar-refractivity contribution in [2.45, 2.75) is 38.0 Å². The van der Waals surface area contributed by atoms with Crippen LogP contribution in [0.25, 0.3) is 11.4 Å². The van der Waals surface area contributed by atoms with Gasteiger partial charge in [-0.05, 0) is 23.1 Å². The molecular weight excluding hydrogens is 330 g/mol. The van der Waals surface area contributed by atoms with Crippen LogP contribution < -0.4 is 4.90 Å². The summed E-state index contributed by atoms with van der Waals surface area (Å²) in [5, 5.41) is 9.78. The molecule has 0 atom stereocenters. The summed E-state index contributed by atoms with van der Waals surface area (Å²) in [4.78, 5) is 6.40. The van der Waals surface area contributed by atoms with Crippen LogP contribution >= 0.6 is 11.8 Å². The van der Waals surface area contributed by atoms with E-state index in [-0.39, 0.29) is 5.41 Å². The molecule has 25 heavy (non-hydrogen) atoms. The fraction of sp³-hybridized carbons (Fsp3) is 0.316. The van der Waals surface area contributed by atoms with Gasteiger partial charge in [0.2, 0.25) is 0 Å². The highest BCUT2D eigenvalue weighted by atomic mass is 32.2. The van der Waals surface area contributed by atoms with E-state index in [0.717, 1.165) is 34.8 Å². The Labute approximate surface area is 152 Å². The van der Waals surface area contributed by atoms with Crippen LogP contribution in [0.2, 0.25) is 0 Å². The molecule has 2 aromatic heterocycles. The zero-order chi connectivity index (χ0) is 17.4. The molecule has 3 heterocycles. The monoisotopic (exact) mass is 351 g/mol. The minimum Gasteiger partial charge on any atom is -0.343 e. The third-order valence-corrected chi connectivity index (χ3v) is 5.42. The van der Waals surface area contributed by atoms with E-state index in [4.69, 9.17) is 0 Å². The van der Waals surface area contributed by atoms with Crippen LogP contribution in [0.5, 0.6) is 0 Å². The molecule has 0 saturated carbocycles. The SMILES string of the molecule is CC(C)(C)c1ccc(-c2nnc3n2CN(c2ccncc2)CS3)cc1. The van der Waals surface area contributed by atoms with Crippen LogP contribution in [0, 0.1) is 0 Å². The van der Waals surface area contributed by atoms with Gasteiger partial charge in [0.05, 0.1) is 12.5 Å². The summed E-state index contributed by atoms with van der Waals surface area (Å²) in [7, 11) is 0. The van der Waals surface area contributed by atoms with Crippen LogP contribution in [0.3, 0.4) is 0 Å². The lowest BCUT2D eigenvalue weighted by molar-refractivity contribution is 0.590. The van der Waals surface area contributed by atoms with Crippen molar-refractivity contribution in [1.29, 1.82) is 0 Å². The molecule has 0 unspecified atom stereocenters. The first-order valence-electron chi connectivity index (χ1n) is 8.34. The van der Waals surface area contributed by atoms with Crippen molar-refractivity contribution in [3.05, 3.63) is 54.4 Å². The normalized spacial score (nSPS) is 14.4. The highest BCUT2D eigenvalue weighted by molar-refractivity contribution is 7.99. The Hall–Kier alpha value is -2.34. The Bertz CT molecular complexity index is 865. The van der Waals surface area contributed by atoms with E-state index in [1.165, 1.54) is 5.56 Å². The minimum atomic E-state index is 0.150. The van der Waals surface area contributed by atoms with Crippen LogP contribution in [0.4, 0.5) is 5.69 Å². The summed E-state index contributed by atoms with van der Waals surface area (Å²) < 4.78 is 2.18. The highest BCUT2D eigenvalue weighted by Crippen LogP contribution is 2.32. The first kappa shape index (κ1) is 16.1. The lowest BCUT2D eigenvalue weighted by Crippen LogP contribution is -2.30. The predicted octanol–water partition coefficient (Wildman–Crippen LogP) is 4.16. The van der Waals surface area contributed by atoms with Crippen molar-refractivity contribution in [3.8, 4) is 11.4 Å². The number of anilines is 1. The molecular formula is C19H21N5S. The van der Waals surface area contributed by atoms with Crippen molar-refractivity contribution in [2.75, 3.05) is 10.8 Å². The minimum absolute atomic E-state index is 0.150. The smallest absolute Gasteiger partial charge is 0.194 e. The summed E-state index contributed by atoms with van der Waals surface area (Å²) in [6, 6.07) is 12.7. The average Bonchev–Trinajstić information content (AvgIpc) is 3.05. The molecule has 1 aliphatic heterocycles. The second kappa shape index (κ2) is 6.19. The third kappa shape index (κ3) is 3.14. The van der Waals surface area contributed by atoms with Crippen molar-refractivity contribution in [1.82, 2.24) is 19.7 Å². The molecule has 0 amide bonds. The number of fused-ring (bicyclic) bond motifs is 1. The molecule has 1 aliphatic rings. The molecule has 0 radical (unpaired) electrons. The fourth-order valence-electron chi connectivity index (χ4n) is 2.91. The number of thioether (sulfide) groups is 1. The lowest BCUT2D eigenvalue weighted by atomic mass is 9.87. The van der Waals surface area contributed by atoms with E-state index in [1.807, 2.05) is 24.5 Å². The number of hydrogen-bond donors (Lipinski definition) is 0. The van der Waals surface area contributed by atoms with Crippen molar-refractivity contribution in [3.63, 3.8) is 0 Å². The molecule has 0 aliphatic carbocycles. The van der Waals surface area contributed by atoms with E-state index in [9.17, 15) is 0 Å². The molecule has 5 nitrogen and oxygen atoms in total. The molecule has 0 saturated heterocycles. The number of nitrogens with zero attached hydrogens (tertiary/aromatic N) is 5. The van der Waals surface area contributed by atoms with Gasteiger partial charge in [-0.25, -0.2) is 0 Å². The van der Waals surface area contributed by atoms with Crippen molar-refractivity contribution < 1.29 is 0 Å². The molecule has 0 bridgehead atoms. The van der Waals surface area contributed by atoms with Crippen molar-refractivity contribution >= 4 is 17.4 Å². The fourth-order valence-corrected chi connectivity index (χ4v) is 3.81. The molecule has 0 spiro atoms. The molecule has 3 aromatic rings. The van der Waals surface area contributed by atoms with Gasteiger partial charge < -0.3 is 4.90 Å². The van der Waals surface area contributed by atoms with E-state index >= 15 is 0 Å². The molecule has 0 fully saturated rings. The largest absolute Gasteiger partial charge is 0.343 e. The van der Waals surface area contributed by atoms with Gasteiger partial charge in [0.25, 0.3) is 0 Å². The Morgan fingerprint density at radius 2 is 1.68 bits per heavy atom. The van der Waals surface area contributed by atoms with Gasteiger partial charge in [-0.3, -0.25) is 9.55 Å². The summed E-state index contributed by atoms with van der Waals surface area (Å²) in [5.41, 5.74) is 3.73. The Morgan fingerprint density at radius 1 is 0.960 bits per heavy atom. The first-order valence-corrected chi connectivity index (χ1v) is 9.33. The quantitative estimate of drug-likeness (QED) is 0.693. The summed E-state index contributed by atoms with van der Waals surface area (Å²) in [6.45, 7) is 7.42. The zero-order valence-electron chi connectivity index (χ0n) is 14.7. The number of hydrogen-bond acceptors (Lipinski definition) is 5.